The molecule has 0 aliphatic carbocycles. The van der Waals surface area contributed by atoms with Gasteiger partial charge in [0.05, 0.1) is 19.0 Å². The maximum atomic E-state index is 6.59. The van der Waals surface area contributed by atoms with E-state index in [0.29, 0.717) is 0 Å². The minimum atomic E-state index is -1.86. The van der Waals surface area contributed by atoms with Crippen molar-refractivity contribution in [3.8, 4) is 5.75 Å². The van der Waals surface area contributed by atoms with Gasteiger partial charge < -0.3 is 13.9 Å². The topological polar surface area (TPSA) is 30.9 Å². The second-order valence-electron chi connectivity index (χ2n) is 8.45. The third kappa shape index (κ3) is 4.87. The highest BCUT2D eigenvalue weighted by Gasteiger charge is 2.40. The van der Waals surface area contributed by atoms with E-state index in [2.05, 4.69) is 57.0 Å². The molecule has 5 heteroatoms. The van der Waals surface area contributed by atoms with Gasteiger partial charge in [0.1, 0.15) is 12.0 Å². The number of methoxy groups -OCH3 is 1. The van der Waals surface area contributed by atoms with E-state index < -0.39 is 8.32 Å². The summed E-state index contributed by atoms with van der Waals surface area (Å²) in [5.74, 6) is 1.91. The van der Waals surface area contributed by atoms with Crippen LogP contribution in [0.2, 0.25) is 18.1 Å². The molecule has 4 nitrogen and oxygen atoms in total. The van der Waals surface area contributed by atoms with Crippen LogP contribution in [0.5, 0.6) is 5.75 Å². The molecule has 1 aliphatic heterocycles. The summed E-state index contributed by atoms with van der Waals surface area (Å²) in [5, 5.41) is 0.176. The molecule has 0 saturated carbocycles. The van der Waals surface area contributed by atoms with Crippen molar-refractivity contribution in [2.24, 2.45) is 0 Å². The van der Waals surface area contributed by atoms with Crippen LogP contribution in [-0.2, 0) is 9.16 Å². The Morgan fingerprint density at radius 1 is 1.12 bits per heavy atom. The molecule has 1 heterocycles. The van der Waals surface area contributed by atoms with Gasteiger partial charge in [-0.3, -0.25) is 4.90 Å². The maximum Gasteiger partial charge on any atom is 0.250 e. The average molecular weight is 364 g/mol. The molecule has 0 fully saturated rings. The second kappa shape index (κ2) is 7.52. The maximum absolute atomic E-state index is 6.59. The third-order valence-electron chi connectivity index (χ3n) is 5.21. The van der Waals surface area contributed by atoms with Gasteiger partial charge in [-0.25, -0.2) is 0 Å². The van der Waals surface area contributed by atoms with E-state index in [-0.39, 0.29) is 17.4 Å². The highest BCUT2D eigenvalue weighted by Crippen LogP contribution is 2.41. The zero-order valence-corrected chi connectivity index (χ0v) is 17.9. The largest absolute Gasteiger partial charge is 0.547 e. The molecular formula is C20H33NO3Si. The first-order chi connectivity index (χ1) is 11.5. The van der Waals surface area contributed by atoms with E-state index in [0.717, 1.165) is 23.5 Å². The first-order valence-electron chi connectivity index (χ1n) is 8.89. The monoisotopic (exact) mass is 363 g/mol. The van der Waals surface area contributed by atoms with Crippen molar-refractivity contribution in [3.63, 3.8) is 0 Å². The summed E-state index contributed by atoms with van der Waals surface area (Å²) in [7, 11) is 3.88. The summed E-state index contributed by atoms with van der Waals surface area (Å²) in [6, 6.07) is 8.11. The van der Waals surface area contributed by atoms with Crippen LogP contribution in [-0.4, -0.2) is 40.7 Å². The molecular weight excluding hydrogens is 330 g/mol. The summed E-state index contributed by atoms with van der Waals surface area (Å²) in [6.45, 7) is 11.4. The quantitative estimate of drug-likeness (QED) is 0.693. The van der Waals surface area contributed by atoms with Gasteiger partial charge in [-0.05, 0) is 56.0 Å². The number of ether oxygens (including phenoxy) is 2. The van der Waals surface area contributed by atoms with Crippen molar-refractivity contribution in [2.45, 2.75) is 57.7 Å². The number of hydrogen-bond donors (Lipinski definition) is 0. The van der Waals surface area contributed by atoms with Crippen LogP contribution >= 0.6 is 0 Å². The summed E-state index contributed by atoms with van der Waals surface area (Å²) in [4.78, 5) is 2.07. The number of benzene rings is 1. The zero-order chi connectivity index (χ0) is 18.8. The van der Waals surface area contributed by atoms with Crippen LogP contribution in [0, 0.1) is 0 Å². The molecule has 0 bridgehead atoms. The van der Waals surface area contributed by atoms with Crippen LogP contribution in [0.1, 0.15) is 38.9 Å². The molecule has 0 N–H and O–H groups in total. The Labute approximate surface area is 153 Å². The summed E-state index contributed by atoms with van der Waals surface area (Å²) in [5.41, 5.74) is 1.15. The van der Waals surface area contributed by atoms with Crippen molar-refractivity contribution in [1.29, 1.82) is 0 Å². The van der Waals surface area contributed by atoms with Crippen LogP contribution in [0.15, 0.2) is 36.1 Å². The van der Waals surface area contributed by atoms with E-state index in [4.69, 9.17) is 13.9 Å². The highest BCUT2D eigenvalue weighted by molar-refractivity contribution is 6.74. The van der Waals surface area contributed by atoms with Gasteiger partial charge in [-0.1, -0.05) is 32.9 Å². The molecule has 1 aromatic rings. The molecule has 2 atom stereocenters. The average Bonchev–Trinajstić information content (AvgIpc) is 2.53. The van der Waals surface area contributed by atoms with Gasteiger partial charge in [-0.15, -0.1) is 0 Å². The Morgan fingerprint density at radius 2 is 1.72 bits per heavy atom. The molecule has 1 aromatic carbocycles. The molecule has 140 valence electrons. The first kappa shape index (κ1) is 20.0. The van der Waals surface area contributed by atoms with E-state index >= 15 is 0 Å². The molecule has 0 spiro atoms. The van der Waals surface area contributed by atoms with Gasteiger partial charge >= 0.3 is 0 Å². The fraction of sp³-hybridized carbons (Fsp3) is 0.600. The molecule has 0 aromatic heterocycles. The lowest BCUT2D eigenvalue weighted by molar-refractivity contribution is -0.0707. The minimum absolute atomic E-state index is 0.0110. The lowest BCUT2D eigenvalue weighted by Crippen LogP contribution is -2.42. The standard InChI is InChI=1S/C20H33NO3Si/c1-20(2,3)25(7,8)24-17-13-18(23-19(14-17)21(4)5)15-9-11-16(22-6)12-10-15/h9-12,14,18-19H,13H2,1-8H3/t18-,19?/m0/s1. The number of nitrogens with zero attached hydrogens (tertiary/aromatic N) is 1. The summed E-state index contributed by atoms with van der Waals surface area (Å²) >= 11 is 0. The number of hydrogen-bond acceptors (Lipinski definition) is 4. The summed E-state index contributed by atoms with van der Waals surface area (Å²) < 4.78 is 18.1. The van der Waals surface area contributed by atoms with Crippen LogP contribution < -0.4 is 4.74 Å². The van der Waals surface area contributed by atoms with Gasteiger partial charge in [0.25, 0.3) is 0 Å². The Morgan fingerprint density at radius 3 is 2.20 bits per heavy atom. The number of likely N-dealkylation sites (N-methyl/N-ethyl adjacent to an activating group) is 1. The lowest BCUT2D eigenvalue weighted by Gasteiger charge is -2.40. The molecule has 0 radical (unpaired) electrons. The molecule has 0 amide bonds. The van der Waals surface area contributed by atoms with Crippen molar-refractivity contribution >= 4 is 8.32 Å². The minimum Gasteiger partial charge on any atom is -0.547 e. The molecule has 0 saturated heterocycles. The fourth-order valence-electron chi connectivity index (χ4n) is 2.51. The summed E-state index contributed by atoms with van der Waals surface area (Å²) in [6.07, 6.45) is 2.80. The predicted molar refractivity (Wildman–Crippen MR) is 105 cm³/mol. The van der Waals surface area contributed by atoms with E-state index in [1.165, 1.54) is 0 Å². The Kier molecular flexibility index (Phi) is 6.02. The number of rotatable bonds is 5. The normalized spacial score (nSPS) is 21.9. The van der Waals surface area contributed by atoms with Crippen LogP contribution in [0.25, 0.3) is 0 Å². The van der Waals surface area contributed by atoms with Crippen molar-refractivity contribution in [1.82, 2.24) is 4.90 Å². The molecule has 1 unspecified atom stereocenters. The highest BCUT2D eigenvalue weighted by atomic mass is 28.4. The van der Waals surface area contributed by atoms with E-state index in [9.17, 15) is 0 Å². The fourth-order valence-corrected chi connectivity index (χ4v) is 3.62. The van der Waals surface area contributed by atoms with Crippen LogP contribution in [0.4, 0.5) is 0 Å². The third-order valence-corrected chi connectivity index (χ3v) is 9.59. The van der Waals surface area contributed by atoms with Crippen molar-refractivity contribution in [2.75, 3.05) is 21.2 Å². The Bertz CT molecular complexity index is 602. The SMILES string of the molecule is COc1ccc([C@@H]2CC(O[Si](C)(C)C(C)(C)C)=CC(N(C)C)O2)cc1. The molecule has 2 rings (SSSR count). The van der Waals surface area contributed by atoms with Crippen molar-refractivity contribution < 1.29 is 13.9 Å². The van der Waals surface area contributed by atoms with Crippen LogP contribution in [0.3, 0.4) is 0 Å². The lowest BCUT2D eigenvalue weighted by atomic mass is 10.0. The van der Waals surface area contributed by atoms with Gasteiger partial charge in [0.2, 0.25) is 8.32 Å². The predicted octanol–water partition coefficient (Wildman–Crippen LogP) is 4.95. The molecule has 1 aliphatic rings. The molecule has 25 heavy (non-hydrogen) atoms. The smallest absolute Gasteiger partial charge is 0.250 e. The van der Waals surface area contributed by atoms with Crippen molar-refractivity contribution in [3.05, 3.63) is 41.7 Å². The van der Waals surface area contributed by atoms with Gasteiger partial charge in [0.15, 0.2) is 0 Å². The Hall–Kier alpha value is -1.30. The Balaban J connectivity index is 2.24. The zero-order valence-electron chi connectivity index (χ0n) is 16.9. The van der Waals surface area contributed by atoms with E-state index in [1.54, 1.807) is 7.11 Å². The van der Waals surface area contributed by atoms with Gasteiger partial charge in [0, 0.05) is 6.42 Å². The van der Waals surface area contributed by atoms with E-state index in [1.807, 2.05) is 26.2 Å². The first-order valence-corrected chi connectivity index (χ1v) is 11.8. The second-order valence-corrected chi connectivity index (χ2v) is 13.2. The van der Waals surface area contributed by atoms with Gasteiger partial charge in [-0.2, -0.15) is 0 Å².